The molecule has 2 amide bonds. The quantitative estimate of drug-likeness (QED) is 0.310. The van der Waals surface area contributed by atoms with Crippen LogP contribution in [0, 0.1) is 0 Å². The molecule has 1 aliphatic heterocycles. The average Bonchev–Trinajstić information content (AvgIpc) is 3.03. The Bertz CT molecular complexity index is 1830. The Morgan fingerprint density at radius 3 is 1.33 bits per heavy atom. The second kappa shape index (κ2) is 12.9. The van der Waals surface area contributed by atoms with Crippen molar-refractivity contribution in [1.29, 1.82) is 0 Å². The zero-order chi connectivity index (χ0) is 34.7. The largest absolute Gasteiger partial charge is 0.438 e. The van der Waals surface area contributed by atoms with Crippen molar-refractivity contribution >= 4 is 58.2 Å². The molecule has 5 rings (SSSR count). The summed E-state index contributed by atoms with van der Waals surface area (Å²) in [5.41, 5.74) is -3.80. The standard InChI is InChI=1S/C34H36N8O6/c1-31(2)17-35-19-34(6,48-28(44)26-16-38-22-12-8-10-14-24(22)40-26)30(46)42-32(3,4)18-36-20-33(5,29(45)41-31)47-27(43)25-15-37-21-11-7-9-13-23(21)39-25/h7-16,19-20H,17-18H2,1-6H3,(H,41,45)(H,42,46)/t33-,34-/m1/s1. The fourth-order valence-corrected chi connectivity index (χ4v) is 4.70. The second-order valence-electron chi connectivity index (χ2n) is 13.1. The Labute approximate surface area is 276 Å². The maximum atomic E-state index is 13.7. The number of para-hydroxylation sites is 4. The molecule has 2 aromatic carbocycles. The molecule has 0 aliphatic carbocycles. The maximum absolute atomic E-state index is 13.7. The van der Waals surface area contributed by atoms with Gasteiger partial charge in [-0.15, -0.1) is 0 Å². The molecule has 2 atom stereocenters. The van der Waals surface area contributed by atoms with Gasteiger partial charge in [0.25, 0.3) is 11.8 Å². The van der Waals surface area contributed by atoms with Crippen molar-refractivity contribution in [2.45, 2.75) is 63.8 Å². The first-order valence-corrected chi connectivity index (χ1v) is 15.2. The van der Waals surface area contributed by atoms with E-state index in [2.05, 4.69) is 40.6 Å². The lowest BCUT2D eigenvalue weighted by molar-refractivity contribution is -0.135. The molecule has 3 heterocycles. The van der Waals surface area contributed by atoms with Crippen molar-refractivity contribution in [2.75, 3.05) is 13.1 Å². The van der Waals surface area contributed by atoms with Gasteiger partial charge in [-0.3, -0.25) is 29.5 Å². The van der Waals surface area contributed by atoms with E-state index >= 15 is 0 Å². The summed E-state index contributed by atoms with van der Waals surface area (Å²) in [6.07, 6.45) is 4.98. The highest BCUT2D eigenvalue weighted by Crippen LogP contribution is 2.20. The van der Waals surface area contributed by atoms with Crippen molar-refractivity contribution in [3.63, 3.8) is 0 Å². The number of rotatable bonds is 4. The van der Waals surface area contributed by atoms with Crippen LogP contribution in [0.15, 0.2) is 70.9 Å². The number of hydrogen-bond acceptors (Lipinski definition) is 12. The first-order valence-electron chi connectivity index (χ1n) is 15.2. The maximum Gasteiger partial charge on any atom is 0.360 e. The van der Waals surface area contributed by atoms with Crippen LogP contribution in [0.2, 0.25) is 0 Å². The Morgan fingerprint density at radius 1 is 0.604 bits per heavy atom. The monoisotopic (exact) mass is 652 g/mol. The number of esters is 2. The van der Waals surface area contributed by atoms with E-state index in [-0.39, 0.29) is 24.5 Å². The Hall–Kier alpha value is -5.66. The summed E-state index contributed by atoms with van der Waals surface area (Å²) < 4.78 is 11.4. The lowest BCUT2D eigenvalue weighted by atomic mass is 9.99. The zero-order valence-corrected chi connectivity index (χ0v) is 27.5. The minimum absolute atomic E-state index is 0.0460. The van der Waals surface area contributed by atoms with E-state index in [4.69, 9.17) is 9.47 Å². The van der Waals surface area contributed by atoms with Gasteiger partial charge in [-0.2, -0.15) is 0 Å². The number of amides is 2. The predicted octanol–water partition coefficient (Wildman–Crippen LogP) is 3.05. The first kappa shape index (κ1) is 33.7. The molecular formula is C34H36N8O6. The van der Waals surface area contributed by atoms with Crippen molar-refractivity contribution in [3.05, 3.63) is 72.3 Å². The summed E-state index contributed by atoms with van der Waals surface area (Å²) in [5.74, 6) is -3.10. The third-order valence-corrected chi connectivity index (χ3v) is 7.38. The number of fused-ring (bicyclic) bond motifs is 2. The van der Waals surface area contributed by atoms with Crippen LogP contribution in [0.25, 0.3) is 22.1 Å². The molecule has 0 saturated heterocycles. The third-order valence-electron chi connectivity index (χ3n) is 7.38. The smallest absolute Gasteiger partial charge is 0.360 e. The number of benzene rings is 2. The molecule has 0 unspecified atom stereocenters. The van der Waals surface area contributed by atoms with Crippen LogP contribution < -0.4 is 10.6 Å². The molecule has 2 aromatic heterocycles. The van der Waals surface area contributed by atoms with Gasteiger partial charge in [-0.25, -0.2) is 19.6 Å². The van der Waals surface area contributed by atoms with Gasteiger partial charge >= 0.3 is 11.9 Å². The van der Waals surface area contributed by atoms with Crippen LogP contribution in [0.3, 0.4) is 0 Å². The van der Waals surface area contributed by atoms with Crippen molar-refractivity contribution in [3.8, 4) is 0 Å². The molecule has 14 heteroatoms. The topological polar surface area (TPSA) is 187 Å². The number of hydrogen-bond donors (Lipinski definition) is 2. The summed E-state index contributed by atoms with van der Waals surface area (Å²) >= 11 is 0. The summed E-state index contributed by atoms with van der Waals surface area (Å²) in [6, 6.07) is 14.1. The highest BCUT2D eigenvalue weighted by Gasteiger charge is 2.42. The van der Waals surface area contributed by atoms with Gasteiger partial charge < -0.3 is 20.1 Å². The number of carbonyl (C=O) groups is 4. The van der Waals surface area contributed by atoms with Gasteiger partial charge in [0.2, 0.25) is 11.2 Å². The lowest BCUT2D eigenvalue weighted by Gasteiger charge is -2.33. The van der Waals surface area contributed by atoms with Gasteiger partial charge in [0.05, 0.1) is 71.1 Å². The molecule has 0 spiro atoms. The van der Waals surface area contributed by atoms with E-state index in [1.807, 2.05) is 0 Å². The molecule has 2 N–H and O–H groups in total. The summed E-state index contributed by atoms with van der Waals surface area (Å²) in [7, 11) is 0. The second-order valence-corrected chi connectivity index (χ2v) is 13.1. The molecule has 48 heavy (non-hydrogen) atoms. The average molecular weight is 653 g/mol. The van der Waals surface area contributed by atoms with Gasteiger partial charge in [0.15, 0.2) is 11.4 Å². The van der Waals surface area contributed by atoms with E-state index in [0.29, 0.717) is 22.1 Å². The third kappa shape index (κ3) is 7.65. The van der Waals surface area contributed by atoms with E-state index in [0.717, 1.165) is 0 Å². The molecule has 0 bridgehead atoms. The van der Waals surface area contributed by atoms with E-state index in [9.17, 15) is 19.2 Å². The van der Waals surface area contributed by atoms with Gasteiger partial charge in [0.1, 0.15) is 0 Å². The fraction of sp³-hybridized carbons (Fsp3) is 0.353. The van der Waals surface area contributed by atoms with Crippen LogP contribution in [-0.4, -0.2) is 91.5 Å². The van der Waals surface area contributed by atoms with E-state index in [1.54, 1.807) is 76.2 Å². The number of aromatic nitrogens is 4. The predicted molar refractivity (Wildman–Crippen MR) is 178 cm³/mol. The van der Waals surface area contributed by atoms with Crippen LogP contribution in [-0.2, 0) is 19.1 Å². The van der Waals surface area contributed by atoms with Crippen LogP contribution >= 0.6 is 0 Å². The SMILES string of the molecule is CC1(C)CN=C[C@@](C)(OC(=O)c2cnc3ccccc3n2)C(=O)NC(C)(C)CN=C[C@@](C)(OC(=O)c2cnc3ccccc3n2)C(=O)N1. The molecule has 14 nitrogen and oxygen atoms in total. The normalized spacial score (nSPS) is 22.7. The number of carbonyl (C=O) groups excluding carboxylic acids is 4. The molecule has 248 valence electrons. The molecule has 0 fully saturated rings. The van der Waals surface area contributed by atoms with Crippen LogP contribution in [0.5, 0.6) is 0 Å². The van der Waals surface area contributed by atoms with Gasteiger partial charge in [-0.05, 0) is 65.8 Å². The summed E-state index contributed by atoms with van der Waals surface area (Å²) in [5, 5.41) is 5.69. The minimum Gasteiger partial charge on any atom is -0.438 e. The summed E-state index contributed by atoms with van der Waals surface area (Å²) in [4.78, 5) is 79.9. The van der Waals surface area contributed by atoms with Gasteiger partial charge in [0, 0.05) is 0 Å². The molecular weight excluding hydrogens is 616 g/mol. The highest BCUT2D eigenvalue weighted by atomic mass is 16.6. The Kier molecular flexibility index (Phi) is 9.02. The number of ether oxygens (including phenoxy) is 2. The fourth-order valence-electron chi connectivity index (χ4n) is 4.70. The van der Waals surface area contributed by atoms with Crippen molar-refractivity contribution in [1.82, 2.24) is 30.6 Å². The zero-order valence-electron chi connectivity index (χ0n) is 27.5. The van der Waals surface area contributed by atoms with E-state index < -0.39 is 46.0 Å². The number of aliphatic imine (C=N–C) groups is 2. The molecule has 4 aromatic rings. The first-order chi connectivity index (χ1) is 22.6. The summed E-state index contributed by atoms with van der Waals surface area (Å²) in [6.45, 7) is 9.49. The van der Waals surface area contributed by atoms with E-state index in [1.165, 1.54) is 38.7 Å². The Morgan fingerprint density at radius 2 is 0.958 bits per heavy atom. The van der Waals surface area contributed by atoms with Crippen molar-refractivity contribution in [2.24, 2.45) is 9.98 Å². The number of nitrogens with one attached hydrogen (secondary N) is 2. The minimum atomic E-state index is -1.87. The van der Waals surface area contributed by atoms with Crippen molar-refractivity contribution < 1.29 is 28.7 Å². The molecule has 0 saturated carbocycles. The van der Waals surface area contributed by atoms with Gasteiger partial charge in [-0.1, -0.05) is 24.3 Å². The van der Waals surface area contributed by atoms with Crippen LogP contribution in [0.4, 0.5) is 0 Å². The lowest BCUT2D eigenvalue weighted by Crippen LogP contribution is -2.58. The molecule has 0 radical (unpaired) electrons. The number of nitrogens with zero attached hydrogens (tertiary/aromatic N) is 6. The van der Waals surface area contributed by atoms with Crippen LogP contribution in [0.1, 0.15) is 62.5 Å². The molecule has 1 aliphatic rings. The Balaban J connectivity index is 1.40. The highest BCUT2D eigenvalue weighted by molar-refractivity contribution is 6.06.